The van der Waals surface area contributed by atoms with Crippen LogP contribution in [0.25, 0.3) is 0 Å². The number of aromatic hydroxyl groups is 1. The minimum atomic E-state index is -0.681. The first-order valence-electron chi connectivity index (χ1n) is 4.67. The van der Waals surface area contributed by atoms with Crippen LogP contribution in [-0.2, 0) is 0 Å². The van der Waals surface area contributed by atoms with Crippen LogP contribution in [0, 0.1) is 15.0 Å². The summed E-state index contributed by atoms with van der Waals surface area (Å²) >= 11 is 0. The van der Waals surface area contributed by atoms with Crippen LogP contribution < -0.4 is 11.2 Å². The van der Waals surface area contributed by atoms with Crippen molar-refractivity contribution >= 4 is 17.9 Å². The maximum Gasteiger partial charge on any atom is 0.362 e. The molecule has 0 radical (unpaired) electrons. The molecule has 11 heteroatoms. The first kappa shape index (κ1) is 13.8. The molecule has 0 amide bonds. The number of benzene rings is 1. The Morgan fingerprint density at radius 3 is 2.74 bits per heavy atom. The van der Waals surface area contributed by atoms with Crippen molar-refractivity contribution in [2.45, 2.75) is 0 Å². The SMILES string of the molecule is NC(=NN=Cc1cc([N+](=O)[O-])ccc1O)N[N+](=O)O. The molecule has 0 fully saturated rings. The molecule has 0 bridgehead atoms. The van der Waals surface area contributed by atoms with E-state index in [-0.39, 0.29) is 17.0 Å². The van der Waals surface area contributed by atoms with E-state index >= 15 is 0 Å². The number of hydrazine groups is 1. The number of nitrogens with zero attached hydrogens (tertiary/aromatic N) is 4. The summed E-state index contributed by atoms with van der Waals surface area (Å²) in [5.74, 6) is -0.762. The van der Waals surface area contributed by atoms with Crippen LogP contribution in [0.2, 0.25) is 0 Å². The van der Waals surface area contributed by atoms with Gasteiger partial charge in [-0.05, 0) is 11.5 Å². The number of rotatable bonds is 4. The van der Waals surface area contributed by atoms with Gasteiger partial charge in [0, 0.05) is 17.7 Å². The Hall–Kier alpha value is -3.24. The summed E-state index contributed by atoms with van der Waals surface area (Å²) in [7, 11) is 0. The molecule has 5 N–H and O–H groups in total. The third kappa shape index (κ3) is 4.26. The first-order valence-corrected chi connectivity index (χ1v) is 4.67. The van der Waals surface area contributed by atoms with Crippen molar-refractivity contribution in [1.29, 1.82) is 0 Å². The number of guanidine groups is 1. The number of non-ortho nitro benzene ring substituents is 1. The largest absolute Gasteiger partial charge is 0.507 e. The highest BCUT2D eigenvalue weighted by molar-refractivity contribution is 5.85. The van der Waals surface area contributed by atoms with Crippen molar-refractivity contribution in [3.8, 4) is 5.75 Å². The predicted octanol–water partition coefficient (Wildman–Crippen LogP) is -0.378. The lowest BCUT2D eigenvalue weighted by Gasteiger charge is -1.97. The fourth-order valence-electron chi connectivity index (χ4n) is 1.03. The van der Waals surface area contributed by atoms with Gasteiger partial charge in [-0.1, -0.05) is 0 Å². The lowest BCUT2D eigenvalue weighted by molar-refractivity contribution is -0.822. The molecule has 1 aromatic carbocycles. The average Bonchev–Trinajstić information content (AvgIpc) is 2.30. The van der Waals surface area contributed by atoms with Gasteiger partial charge < -0.3 is 10.8 Å². The van der Waals surface area contributed by atoms with Gasteiger partial charge in [0.2, 0.25) is 0 Å². The third-order valence-corrected chi connectivity index (χ3v) is 1.79. The predicted molar refractivity (Wildman–Crippen MR) is 62.5 cm³/mol. The number of phenols is 1. The maximum atomic E-state index is 10.5. The molecule has 0 aliphatic rings. The summed E-state index contributed by atoms with van der Waals surface area (Å²) in [5, 5.41) is 34.1. The van der Waals surface area contributed by atoms with E-state index in [4.69, 9.17) is 10.9 Å². The zero-order valence-electron chi connectivity index (χ0n) is 9.29. The van der Waals surface area contributed by atoms with Crippen LogP contribution in [-0.4, -0.2) is 32.4 Å². The van der Waals surface area contributed by atoms with E-state index in [2.05, 4.69) is 10.2 Å². The molecular formula is C8H9N6O5+. The van der Waals surface area contributed by atoms with Crippen molar-refractivity contribution in [3.63, 3.8) is 0 Å². The summed E-state index contributed by atoms with van der Waals surface area (Å²) in [5.41, 5.74) is 6.55. The van der Waals surface area contributed by atoms with Crippen molar-refractivity contribution in [2.24, 2.45) is 15.9 Å². The number of nitrogens with one attached hydrogen (secondary N) is 1. The van der Waals surface area contributed by atoms with Gasteiger partial charge in [0.05, 0.1) is 11.1 Å². The molecule has 19 heavy (non-hydrogen) atoms. The van der Waals surface area contributed by atoms with Gasteiger partial charge >= 0.3 is 5.03 Å². The van der Waals surface area contributed by atoms with Crippen LogP contribution in [0.5, 0.6) is 5.75 Å². The summed E-state index contributed by atoms with van der Waals surface area (Å²) in [4.78, 5) is 20.0. The minimum absolute atomic E-state index is 0.0359. The Balaban J connectivity index is 2.90. The molecule has 0 aliphatic heterocycles. The van der Waals surface area contributed by atoms with Crippen molar-refractivity contribution in [3.05, 3.63) is 38.8 Å². The standard InChI is InChI=1S/C8H8N6O5/c9-8(12-14(18)19)11-10-4-5-3-6(13(16)17)1-2-7(5)15/h1-4H,(H4-,9,10,11,12,15,18,19)/p+1. The molecule has 1 aromatic rings. The second-order valence-electron chi connectivity index (χ2n) is 3.11. The molecule has 0 spiro atoms. The zero-order valence-corrected chi connectivity index (χ0v) is 9.29. The number of hydrogen-bond donors (Lipinski definition) is 4. The van der Waals surface area contributed by atoms with Gasteiger partial charge in [-0.15, -0.1) is 5.10 Å². The highest BCUT2D eigenvalue weighted by Crippen LogP contribution is 2.21. The highest BCUT2D eigenvalue weighted by Gasteiger charge is 2.08. The van der Waals surface area contributed by atoms with Crippen LogP contribution in [0.3, 0.4) is 0 Å². The molecule has 0 saturated carbocycles. The molecular weight excluding hydrogens is 260 g/mol. The zero-order chi connectivity index (χ0) is 14.4. The van der Waals surface area contributed by atoms with Gasteiger partial charge in [0.25, 0.3) is 11.6 Å². The summed E-state index contributed by atoms with van der Waals surface area (Å²) < 4.78 is 0. The van der Waals surface area contributed by atoms with Gasteiger partial charge in [0.15, 0.2) is 0 Å². The fraction of sp³-hybridized carbons (Fsp3) is 0. The number of nitrogens with two attached hydrogens (primary N) is 1. The van der Waals surface area contributed by atoms with Crippen LogP contribution in [0.1, 0.15) is 5.56 Å². The molecule has 0 aromatic heterocycles. The van der Waals surface area contributed by atoms with E-state index in [1.165, 1.54) is 0 Å². The summed E-state index contributed by atoms with van der Waals surface area (Å²) in [6.45, 7) is 0. The van der Waals surface area contributed by atoms with Crippen LogP contribution in [0.4, 0.5) is 5.69 Å². The molecule has 0 aliphatic carbocycles. The molecule has 0 heterocycles. The molecule has 100 valence electrons. The lowest BCUT2D eigenvalue weighted by atomic mass is 10.2. The Morgan fingerprint density at radius 2 is 2.16 bits per heavy atom. The Bertz CT molecular complexity index is 569. The van der Waals surface area contributed by atoms with Gasteiger partial charge in [0.1, 0.15) is 10.7 Å². The lowest BCUT2D eigenvalue weighted by Crippen LogP contribution is -2.36. The minimum Gasteiger partial charge on any atom is -0.507 e. The van der Waals surface area contributed by atoms with Gasteiger partial charge in [-0.25, -0.2) is 5.21 Å². The van der Waals surface area contributed by atoms with Crippen LogP contribution >= 0.6 is 0 Å². The Labute approximate surface area is 105 Å². The molecule has 0 unspecified atom stereocenters. The second kappa shape index (κ2) is 5.90. The number of nitro benzene ring substituents is 1. The van der Waals surface area contributed by atoms with E-state index in [0.717, 1.165) is 24.4 Å². The maximum absolute atomic E-state index is 10.5. The second-order valence-corrected chi connectivity index (χ2v) is 3.11. The third-order valence-electron chi connectivity index (χ3n) is 1.79. The Morgan fingerprint density at radius 1 is 1.47 bits per heavy atom. The Kier molecular flexibility index (Phi) is 4.29. The molecule has 11 nitrogen and oxygen atoms in total. The number of phenolic OH excluding ortho intramolecular Hbond substituents is 1. The number of hydrogen-bond acceptors (Lipinski definition) is 6. The first-order chi connectivity index (χ1) is 8.90. The quantitative estimate of drug-likeness (QED) is 0.250. The van der Waals surface area contributed by atoms with Crippen LogP contribution in [0.15, 0.2) is 28.4 Å². The average molecular weight is 269 g/mol. The van der Waals surface area contributed by atoms with Crippen molar-refractivity contribution < 1.29 is 20.3 Å². The van der Waals surface area contributed by atoms with E-state index in [9.17, 15) is 20.1 Å². The summed E-state index contributed by atoms with van der Waals surface area (Å²) in [6, 6.07) is 3.31. The molecule has 0 saturated heterocycles. The smallest absolute Gasteiger partial charge is 0.362 e. The van der Waals surface area contributed by atoms with Gasteiger partial charge in [-0.3, -0.25) is 10.1 Å². The van der Waals surface area contributed by atoms with Crippen molar-refractivity contribution in [2.75, 3.05) is 0 Å². The normalized spacial score (nSPS) is 11.5. The van der Waals surface area contributed by atoms with E-state index in [0.29, 0.717) is 0 Å². The fourth-order valence-corrected chi connectivity index (χ4v) is 1.03. The summed E-state index contributed by atoms with van der Waals surface area (Å²) in [6.07, 6.45) is 0.989. The topological polar surface area (TPSA) is 166 Å². The molecule has 0 atom stereocenters. The van der Waals surface area contributed by atoms with E-state index in [1.807, 2.05) is 0 Å². The van der Waals surface area contributed by atoms with Crippen molar-refractivity contribution in [1.82, 2.24) is 5.43 Å². The number of nitro groups is 1. The molecule has 1 rings (SSSR count). The van der Waals surface area contributed by atoms with Gasteiger partial charge in [-0.2, -0.15) is 5.10 Å². The monoisotopic (exact) mass is 269 g/mol. The highest BCUT2D eigenvalue weighted by atomic mass is 16.7. The van der Waals surface area contributed by atoms with E-state index < -0.39 is 15.9 Å². The van der Waals surface area contributed by atoms with E-state index in [1.54, 1.807) is 5.43 Å².